The third kappa shape index (κ3) is 3.51. The summed E-state index contributed by atoms with van der Waals surface area (Å²) in [6, 6.07) is 12.2. The molecule has 0 amide bonds. The molecule has 0 spiro atoms. The van der Waals surface area contributed by atoms with Gasteiger partial charge in [0.15, 0.2) is 0 Å². The molecule has 5 heteroatoms. The second-order valence-electron chi connectivity index (χ2n) is 4.09. The van der Waals surface area contributed by atoms with Crippen LogP contribution in [0.2, 0.25) is 0 Å². The Labute approximate surface area is 125 Å². The number of methoxy groups -OCH3 is 1. The Morgan fingerprint density at radius 1 is 1.20 bits per heavy atom. The molecule has 0 aliphatic carbocycles. The molecule has 0 aliphatic heterocycles. The number of halogens is 1. The summed E-state index contributed by atoms with van der Waals surface area (Å²) < 4.78 is 11.3. The van der Waals surface area contributed by atoms with Crippen molar-refractivity contribution >= 4 is 21.9 Å². The molecule has 0 aliphatic rings. The molecule has 20 heavy (non-hydrogen) atoms. The molecule has 0 saturated heterocycles. The lowest BCUT2D eigenvalue weighted by molar-refractivity contribution is 0.0696. The third-order valence-electron chi connectivity index (χ3n) is 2.73. The smallest absolute Gasteiger partial charge is 0.335 e. The van der Waals surface area contributed by atoms with Crippen LogP contribution in [0.4, 0.5) is 0 Å². The predicted molar refractivity (Wildman–Crippen MR) is 78.4 cm³/mol. The van der Waals surface area contributed by atoms with Crippen LogP contribution in [0.5, 0.6) is 11.5 Å². The molecular formula is C15H13BrO4. The van der Waals surface area contributed by atoms with Gasteiger partial charge in [0, 0.05) is 0 Å². The topological polar surface area (TPSA) is 55.8 Å². The maximum absolute atomic E-state index is 10.8. The molecule has 0 atom stereocenters. The van der Waals surface area contributed by atoms with Gasteiger partial charge in [-0.1, -0.05) is 12.1 Å². The van der Waals surface area contributed by atoms with Gasteiger partial charge < -0.3 is 14.6 Å². The molecule has 0 heterocycles. The second-order valence-corrected chi connectivity index (χ2v) is 4.94. The normalized spacial score (nSPS) is 10.1. The predicted octanol–water partition coefficient (Wildman–Crippen LogP) is 3.73. The standard InChI is InChI=1S/C15H13BrO4/c1-19-12-5-2-10(3-6-12)9-20-14-7-4-11(15(17)18)8-13(14)16/h2-8H,9H2,1H3,(H,17,18). The van der Waals surface area contributed by atoms with Crippen molar-refractivity contribution in [2.45, 2.75) is 6.61 Å². The molecule has 0 unspecified atom stereocenters. The second kappa shape index (κ2) is 6.43. The first-order chi connectivity index (χ1) is 9.60. The first-order valence-corrected chi connectivity index (χ1v) is 6.68. The Balaban J connectivity index is 2.04. The zero-order valence-corrected chi connectivity index (χ0v) is 12.4. The van der Waals surface area contributed by atoms with Crippen molar-refractivity contribution in [3.63, 3.8) is 0 Å². The van der Waals surface area contributed by atoms with E-state index in [0.717, 1.165) is 11.3 Å². The molecule has 2 rings (SSSR count). The molecular weight excluding hydrogens is 324 g/mol. The zero-order chi connectivity index (χ0) is 14.5. The van der Waals surface area contributed by atoms with Crippen molar-refractivity contribution < 1.29 is 19.4 Å². The summed E-state index contributed by atoms with van der Waals surface area (Å²) in [5, 5.41) is 8.88. The van der Waals surface area contributed by atoms with Gasteiger partial charge in [-0.05, 0) is 51.8 Å². The van der Waals surface area contributed by atoms with E-state index in [-0.39, 0.29) is 5.56 Å². The minimum atomic E-state index is -0.965. The molecule has 1 N–H and O–H groups in total. The van der Waals surface area contributed by atoms with Crippen LogP contribution in [-0.2, 0) is 6.61 Å². The van der Waals surface area contributed by atoms with Gasteiger partial charge in [0.05, 0.1) is 17.1 Å². The zero-order valence-electron chi connectivity index (χ0n) is 10.8. The highest BCUT2D eigenvalue weighted by Gasteiger charge is 2.07. The van der Waals surface area contributed by atoms with E-state index in [1.807, 2.05) is 24.3 Å². The highest BCUT2D eigenvalue weighted by molar-refractivity contribution is 9.10. The van der Waals surface area contributed by atoms with E-state index in [0.29, 0.717) is 16.8 Å². The van der Waals surface area contributed by atoms with E-state index < -0.39 is 5.97 Å². The Kier molecular flexibility index (Phi) is 4.63. The average molecular weight is 337 g/mol. The largest absolute Gasteiger partial charge is 0.497 e. The molecule has 0 bridgehead atoms. The first-order valence-electron chi connectivity index (χ1n) is 5.88. The van der Waals surface area contributed by atoms with Crippen LogP contribution >= 0.6 is 15.9 Å². The maximum Gasteiger partial charge on any atom is 0.335 e. The van der Waals surface area contributed by atoms with Crippen LogP contribution in [0.25, 0.3) is 0 Å². The number of ether oxygens (including phenoxy) is 2. The van der Waals surface area contributed by atoms with Gasteiger partial charge in [0.25, 0.3) is 0 Å². The number of rotatable bonds is 5. The molecule has 0 aromatic heterocycles. The number of benzene rings is 2. The molecule has 4 nitrogen and oxygen atoms in total. The minimum Gasteiger partial charge on any atom is -0.497 e. The van der Waals surface area contributed by atoms with Crippen molar-refractivity contribution in [3.05, 3.63) is 58.1 Å². The number of hydrogen-bond acceptors (Lipinski definition) is 3. The number of aromatic carboxylic acids is 1. The lowest BCUT2D eigenvalue weighted by atomic mass is 10.2. The van der Waals surface area contributed by atoms with Crippen LogP contribution in [0, 0.1) is 0 Å². The molecule has 104 valence electrons. The van der Waals surface area contributed by atoms with E-state index in [1.54, 1.807) is 13.2 Å². The Bertz CT molecular complexity index is 608. The van der Waals surface area contributed by atoms with E-state index in [4.69, 9.17) is 14.6 Å². The summed E-state index contributed by atoms with van der Waals surface area (Å²) in [4.78, 5) is 10.8. The lowest BCUT2D eigenvalue weighted by Crippen LogP contribution is -1.99. The third-order valence-corrected chi connectivity index (χ3v) is 3.35. The van der Waals surface area contributed by atoms with Crippen LogP contribution in [-0.4, -0.2) is 18.2 Å². The van der Waals surface area contributed by atoms with Crippen molar-refractivity contribution in [2.75, 3.05) is 7.11 Å². The number of carboxylic acid groups (broad SMARTS) is 1. The highest BCUT2D eigenvalue weighted by Crippen LogP contribution is 2.27. The number of hydrogen-bond donors (Lipinski definition) is 1. The van der Waals surface area contributed by atoms with E-state index in [2.05, 4.69) is 15.9 Å². The summed E-state index contributed by atoms with van der Waals surface area (Å²) in [5.74, 6) is 0.430. The van der Waals surface area contributed by atoms with E-state index in [1.165, 1.54) is 12.1 Å². The number of carboxylic acids is 1. The monoisotopic (exact) mass is 336 g/mol. The molecule has 0 saturated carbocycles. The van der Waals surface area contributed by atoms with Crippen LogP contribution in [0.3, 0.4) is 0 Å². The number of carbonyl (C=O) groups is 1. The van der Waals surface area contributed by atoms with Crippen molar-refractivity contribution in [3.8, 4) is 11.5 Å². The summed E-state index contributed by atoms with van der Waals surface area (Å²) in [7, 11) is 1.62. The van der Waals surface area contributed by atoms with E-state index >= 15 is 0 Å². The van der Waals surface area contributed by atoms with E-state index in [9.17, 15) is 4.79 Å². The SMILES string of the molecule is COc1ccc(COc2ccc(C(=O)O)cc2Br)cc1. The molecule has 2 aromatic rings. The van der Waals surface area contributed by atoms with Crippen LogP contribution in [0.15, 0.2) is 46.9 Å². The fourth-order valence-corrected chi connectivity index (χ4v) is 2.13. The summed E-state index contributed by atoms with van der Waals surface area (Å²) in [6.07, 6.45) is 0. The van der Waals surface area contributed by atoms with Crippen LogP contribution in [0.1, 0.15) is 15.9 Å². The fraction of sp³-hybridized carbons (Fsp3) is 0.133. The summed E-state index contributed by atoms with van der Waals surface area (Å²) in [5.41, 5.74) is 1.22. The van der Waals surface area contributed by atoms with Crippen molar-refractivity contribution in [2.24, 2.45) is 0 Å². The molecule has 2 aromatic carbocycles. The Morgan fingerprint density at radius 3 is 2.45 bits per heavy atom. The van der Waals surface area contributed by atoms with Gasteiger partial charge >= 0.3 is 5.97 Å². The van der Waals surface area contributed by atoms with Gasteiger partial charge in [-0.15, -0.1) is 0 Å². The van der Waals surface area contributed by atoms with Gasteiger partial charge in [0.1, 0.15) is 18.1 Å². The first kappa shape index (κ1) is 14.4. The van der Waals surface area contributed by atoms with Crippen molar-refractivity contribution in [1.82, 2.24) is 0 Å². The summed E-state index contributed by atoms with van der Waals surface area (Å²) >= 11 is 3.30. The summed E-state index contributed by atoms with van der Waals surface area (Å²) in [6.45, 7) is 0.398. The van der Waals surface area contributed by atoms with Crippen molar-refractivity contribution in [1.29, 1.82) is 0 Å². The lowest BCUT2D eigenvalue weighted by Gasteiger charge is -2.09. The molecule has 0 fully saturated rings. The average Bonchev–Trinajstić information content (AvgIpc) is 2.46. The Morgan fingerprint density at radius 2 is 1.90 bits per heavy atom. The van der Waals surface area contributed by atoms with Gasteiger partial charge in [0.2, 0.25) is 0 Å². The van der Waals surface area contributed by atoms with Crippen LogP contribution < -0.4 is 9.47 Å². The Hall–Kier alpha value is -2.01. The quantitative estimate of drug-likeness (QED) is 0.903. The van der Waals surface area contributed by atoms with Gasteiger partial charge in [-0.3, -0.25) is 0 Å². The van der Waals surface area contributed by atoms with Gasteiger partial charge in [-0.25, -0.2) is 4.79 Å². The highest BCUT2D eigenvalue weighted by atomic mass is 79.9. The fourth-order valence-electron chi connectivity index (χ4n) is 1.63. The molecule has 0 radical (unpaired) electrons. The minimum absolute atomic E-state index is 0.216. The maximum atomic E-state index is 10.8. The van der Waals surface area contributed by atoms with Gasteiger partial charge in [-0.2, -0.15) is 0 Å².